The lowest BCUT2D eigenvalue weighted by Gasteiger charge is -2.38. The topological polar surface area (TPSA) is 50.4 Å². The van der Waals surface area contributed by atoms with Crippen LogP contribution in [0.5, 0.6) is 0 Å². The molecule has 4 nitrogen and oxygen atoms in total. The van der Waals surface area contributed by atoms with Crippen molar-refractivity contribution in [2.75, 3.05) is 19.8 Å². The number of amides is 1. The molecule has 0 bridgehead atoms. The maximum Gasteiger partial charge on any atom is 0.234 e. The Hall–Kier alpha value is -0.910. The van der Waals surface area contributed by atoms with Gasteiger partial charge in [-0.15, -0.1) is 0 Å². The molecule has 1 amide bonds. The highest BCUT2D eigenvalue weighted by Crippen LogP contribution is 2.33. The van der Waals surface area contributed by atoms with E-state index in [1.165, 1.54) is 5.56 Å². The molecule has 1 heterocycles. The second-order valence-corrected chi connectivity index (χ2v) is 6.70. The number of carbonyl (C=O) groups is 1. The van der Waals surface area contributed by atoms with Gasteiger partial charge in [-0.1, -0.05) is 28.1 Å². The van der Waals surface area contributed by atoms with E-state index in [0.717, 1.165) is 17.3 Å². The second kappa shape index (κ2) is 7.38. The molecule has 2 N–H and O–H groups in total. The van der Waals surface area contributed by atoms with Gasteiger partial charge in [0.25, 0.3) is 0 Å². The van der Waals surface area contributed by atoms with Crippen molar-refractivity contribution in [3.8, 4) is 0 Å². The first kappa shape index (κ1) is 16.5. The average molecular weight is 355 g/mol. The number of hydrogen-bond acceptors (Lipinski definition) is 3. The van der Waals surface area contributed by atoms with Crippen molar-refractivity contribution in [1.29, 1.82) is 0 Å². The molecule has 1 saturated heterocycles. The van der Waals surface area contributed by atoms with Crippen molar-refractivity contribution in [2.24, 2.45) is 0 Å². The van der Waals surface area contributed by atoms with Crippen LogP contribution in [-0.4, -0.2) is 31.7 Å². The maximum absolute atomic E-state index is 11.9. The maximum atomic E-state index is 11.9. The van der Waals surface area contributed by atoms with Gasteiger partial charge in [-0.2, -0.15) is 0 Å². The van der Waals surface area contributed by atoms with Crippen molar-refractivity contribution >= 4 is 21.8 Å². The predicted molar refractivity (Wildman–Crippen MR) is 87.2 cm³/mol. The summed E-state index contributed by atoms with van der Waals surface area (Å²) in [5.74, 6) is 0.0332. The molecule has 21 heavy (non-hydrogen) atoms. The zero-order valence-electron chi connectivity index (χ0n) is 12.6. The van der Waals surface area contributed by atoms with E-state index < -0.39 is 0 Å². The Balaban J connectivity index is 2.12. The van der Waals surface area contributed by atoms with Crippen molar-refractivity contribution in [2.45, 2.75) is 38.3 Å². The fourth-order valence-electron chi connectivity index (χ4n) is 2.70. The summed E-state index contributed by atoms with van der Waals surface area (Å²) in [6.45, 7) is 5.69. The Bertz CT molecular complexity index is 485. The summed E-state index contributed by atoms with van der Waals surface area (Å²) in [6.07, 6.45) is 1.75. The molecule has 5 heteroatoms. The minimum Gasteiger partial charge on any atom is -0.381 e. The van der Waals surface area contributed by atoms with Gasteiger partial charge >= 0.3 is 0 Å². The summed E-state index contributed by atoms with van der Waals surface area (Å²) >= 11 is 3.53. The molecule has 0 aliphatic carbocycles. The molecule has 1 aromatic carbocycles. The van der Waals surface area contributed by atoms with Gasteiger partial charge in [-0.3, -0.25) is 10.1 Å². The monoisotopic (exact) mass is 354 g/mol. The molecule has 0 spiro atoms. The Morgan fingerprint density at radius 2 is 2.10 bits per heavy atom. The summed E-state index contributed by atoms with van der Waals surface area (Å²) in [6, 6.07) is 8.45. The van der Waals surface area contributed by atoms with Crippen LogP contribution < -0.4 is 10.6 Å². The van der Waals surface area contributed by atoms with Gasteiger partial charge in [0, 0.05) is 29.3 Å². The van der Waals surface area contributed by atoms with Gasteiger partial charge in [0.2, 0.25) is 5.91 Å². The van der Waals surface area contributed by atoms with Crippen LogP contribution in [-0.2, 0) is 15.1 Å². The largest absolute Gasteiger partial charge is 0.381 e. The van der Waals surface area contributed by atoms with Crippen LogP contribution in [0.1, 0.15) is 32.3 Å². The molecule has 1 aromatic rings. The van der Waals surface area contributed by atoms with Crippen LogP contribution in [0, 0.1) is 0 Å². The summed E-state index contributed by atoms with van der Waals surface area (Å²) in [4.78, 5) is 11.9. The zero-order chi connectivity index (χ0) is 15.3. The van der Waals surface area contributed by atoms with Crippen LogP contribution in [0.3, 0.4) is 0 Å². The van der Waals surface area contributed by atoms with E-state index in [1.807, 2.05) is 26.0 Å². The van der Waals surface area contributed by atoms with Gasteiger partial charge in [-0.05, 0) is 44.4 Å². The van der Waals surface area contributed by atoms with E-state index in [2.05, 4.69) is 38.7 Å². The molecule has 1 fully saturated rings. The fraction of sp³-hybridized carbons (Fsp3) is 0.562. The molecular weight excluding hydrogens is 332 g/mol. The number of ether oxygens (including phenoxy) is 1. The Morgan fingerprint density at radius 3 is 2.71 bits per heavy atom. The van der Waals surface area contributed by atoms with Crippen LogP contribution in [0.2, 0.25) is 0 Å². The van der Waals surface area contributed by atoms with Gasteiger partial charge in [-0.25, -0.2) is 0 Å². The third-order valence-electron chi connectivity index (χ3n) is 3.76. The molecule has 0 radical (unpaired) electrons. The molecule has 116 valence electrons. The first-order valence-corrected chi connectivity index (χ1v) is 8.19. The van der Waals surface area contributed by atoms with Gasteiger partial charge in [0.1, 0.15) is 0 Å². The molecule has 2 rings (SSSR count). The summed E-state index contributed by atoms with van der Waals surface area (Å²) in [7, 11) is 0. The smallest absolute Gasteiger partial charge is 0.234 e. The van der Waals surface area contributed by atoms with E-state index in [4.69, 9.17) is 4.74 Å². The van der Waals surface area contributed by atoms with E-state index in [0.29, 0.717) is 19.8 Å². The number of halogens is 1. The molecular formula is C16H23BrN2O2. The first-order chi connectivity index (χ1) is 10.0. The number of hydrogen-bond donors (Lipinski definition) is 2. The van der Waals surface area contributed by atoms with Gasteiger partial charge in [0.15, 0.2) is 0 Å². The van der Waals surface area contributed by atoms with E-state index in [9.17, 15) is 4.79 Å². The van der Waals surface area contributed by atoms with Crippen molar-refractivity contribution < 1.29 is 9.53 Å². The molecule has 0 saturated carbocycles. The standard InChI is InChI=1S/C16H23BrN2O2/c1-12(2)19-15(20)11-18-16(6-8-21-9-7-16)13-4-3-5-14(17)10-13/h3-5,10,12,18H,6-9,11H2,1-2H3,(H,19,20). The van der Waals surface area contributed by atoms with E-state index in [-0.39, 0.29) is 17.5 Å². The van der Waals surface area contributed by atoms with Gasteiger partial charge < -0.3 is 10.1 Å². The summed E-state index contributed by atoms with van der Waals surface area (Å²) in [5.41, 5.74) is 1.02. The van der Waals surface area contributed by atoms with E-state index >= 15 is 0 Å². The summed E-state index contributed by atoms with van der Waals surface area (Å²) < 4.78 is 6.55. The minimum absolute atomic E-state index is 0.0332. The van der Waals surface area contributed by atoms with Crippen molar-refractivity contribution in [1.82, 2.24) is 10.6 Å². The molecule has 1 aliphatic heterocycles. The fourth-order valence-corrected chi connectivity index (χ4v) is 3.10. The van der Waals surface area contributed by atoms with Crippen LogP contribution in [0.25, 0.3) is 0 Å². The number of benzene rings is 1. The Kier molecular flexibility index (Phi) is 5.79. The first-order valence-electron chi connectivity index (χ1n) is 7.40. The van der Waals surface area contributed by atoms with E-state index in [1.54, 1.807) is 0 Å². The number of rotatable bonds is 5. The predicted octanol–water partition coefficient (Wildman–Crippen LogP) is 2.57. The van der Waals surface area contributed by atoms with Crippen LogP contribution in [0.15, 0.2) is 28.7 Å². The van der Waals surface area contributed by atoms with Crippen molar-refractivity contribution in [3.05, 3.63) is 34.3 Å². The lowest BCUT2D eigenvalue weighted by Crippen LogP contribution is -2.50. The summed E-state index contributed by atoms with van der Waals surface area (Å²) in [5, 5.41) is 6.39. The number of nitrogens with one attached hydrogen (secondary N) is 2. The van der Waals surface area contributed by atoms with Crippen LogP contribution in [0.4, 0.5) is 0 Å². The molecule has 1 aliphatic rings. The quantitative estimate of drug-likeness (QED) is 0.854. The third-order valence-corrected chi connectivity index (χ3v) is 4.25. The highest BCUT2D eigenvalue weighted by Gasteiger charge is 2.34. The minimum atomic E-state index is -0.184. The SMILES string of the molecule is CC(C)NC(=O)CNC1(c2cccc(Br)c2)CCOCC1. The Morgan fingerprint density at radius 1 is 1.38 bits per heavy atom. The van der Waals surface area contributed by atoms with Crippen LogP contribution >= 0.6 is 15.9 Å². The molecule has 0 aromatic heterocycles. The lowest BCUT2D eigenvalue weighted by atomic mass is 9.82. The normalized spacial score (nSPS) is 17.7. The second-order valence-electron chi connectivity index (χ2n) is 5.78. The highest BCUT2D eigenvalue weighted by molar-refractivity contribution is 9.10. The number of carbonyl (C=O) groups excluding carboxylic acids is 1. The average Bonchev–Trinajstić information content (AvgIpc) is 2.45. The molecule has 0 unspecified atom stereocenters. The highest BCUT2D eigenvalue weighted by atomic mass is 79.9. The van der Waals surface area contributed by atoms with Gasteiger partial charge in [0.05, 0.1) is 6.54 Å². The van der Waals surface area contributed by atoms with Crippen molar-refractivity contribution in [3.63, 3.8) is 0 Å². The lowest BCUT2D eigenvalue weighted by molar-refractivity contribution is -0.121. The third kappa shape index (κ3) is 4.53. The zero-order valence-corrected chi connectivity index (χ0v) is 14.2. The molecule has 0 atom stereocenters. The Labute approximate surface area is 134 Å².